The van der Waals surface area contributed by atoms with Gasteiger partial charge in [-0.2, -0.15) is 0 Å². The van der Waals surface area contributed by atoms with Gasteiger partial charge in [0, 0.05) is 27.2 Å². The largest absolute Gasteiger partial charge is 0.273 e. The van der Waals surface area contributed by atoms with Crippen LogP contribution in [0.5, 0.6) is 0 Å². The van der Waals surface area contributed by atoms with Crippen molar-refractivity contribution in [3.05, 3.63) is 64.7 Å². The molecular formula is C18H17ClN2O2S. The number of carbonyl (C=O) groups is 2. The van der Waals surface area contributed by atoms with E-state index in [2.05, 4.69) is 10.9 Å². The lowest BCUT2D eigenvalue weighted by Gasteiger charge is -2.07. The standard InChI is InChI=1S/C18H17ClN2O2S/c19-15-7-9-16(10-8-15)24-11-12-1-3-13(4-2-12)17(22)20-21-18(23)14-5-6-14/h1-4,7-10,14H,5-6,11H2,(H,20,22)(H,21,23). The molecule has 0 unspecified atom stereocenters. The highest BCUT2D eigenvalue weighted by molar-refractivity contribution is 7.98. The number of rotatable bonds is 5. The molecule has 1 aliphatic rings. The average molecular weight is 361 g/mol. The van der Waals surface area contributed by atoms with Gasteiger partial charge in [-0.25, -0.2) is 0 Å². The Labute approximate surface area is 149 Å². The highest BCUT2D eigenvalue weighted by atomic mass is 35.5. The van der Waals surface area contributed by atoms with Gasteiger partial charge in [0.2, 0.25) is 5.91 Å². The van der Waals surface area contributed by atoms with Gasteiger partial charge in [-0.1, -0.05) is 23.7 Å². The molecule has 0 atom stereocenters. The van der Waals surface area contributed by atoms with Gasteiger partial charge >= 0.3 is 0 Å². The molecular weight excluding hydrogens is 344 g/mol. The van der Waals surface area contributed by atoms with Gasteiger partial charge in [-0.15, -0.1) is 11.8 Å². The first-order chi connectivity index (χ1) is 11.6. The van der Waals surface area contributed by atoms with Crippen LogP contribution in [-0.2, 0) is 10.5 Å². The van der Waals surface area contributed by atoms with Crippen molar-refractivity contribution in [3.8, 4) is 0 Å². The molecule has 0 heterocycles. The van der Waals surface area contributed by atoms with E-state index < -0.39 is 0 Å². The van der Waals surface area contributed by atoms with Gasteiger partial charge in [0.25, 0.3) is 5.91 Å². The summed E-state index contributed by atoms with van der Waals surface area (Å²) in [5.41, 5.74) is 6.54. The molecule has 0 aliphatic heterocycles. The summed E-state index contributed by atoms with van der Waals surface area (Å²) in [7, 11) is 0. The molecule has 4 nitrogen and oxygen atoms in total. The van der Waals surface area contributed by atoms with E-state index in [1.807, 2.05) is 36.4 Å². The maximum atomic E-state index is 12.0. The van der Waals surface area contributed by atoms with Crippen LogP contribution in [0.15, 0.2) is 53.4 Å². The lowest BCUT2D eigenvalue weighted by atomic mass is 10.1. The second kappa shape index (κ2) is 7.73. The number of benzene rings is 2. The van der Waals surface area contributed by atoms with Crippen LogP contribution in [0.3, 0.4) is 0 Å². The van der Waals surface area contributed by atoms with Gasteiger partial charge < -0.3 is 0 Å². The zero-order valence-corrected chi connectivity index (χ0v) is 14.5. The van der Waals surface area contributed by atoms with Crippen LogP contribution in [-0.4, -0.2) is 11.8 Å². The van der Waals surface area contributed by atoms with E-state index in [-0.39, 0.29) is 17.7 Å². The fraction of sp³-hybridized carbons (Fsp3) is 0.222. The predicted octanol–water partition coefficient (Wildman–Crippen LogP) is 3.80. The highest BCUT2D eigenvalue weighted by Gasteiger charge is 2.29. The van der Waals surface area contributed by atoms with Crippen LogP contribution < -0.4 is 10.9 Å². The Kier molecular flexibility index (Phi) is 5.43. The van der Waals surface area contributed by atoms with Crippen molar-refractivity contribution in [1.82, 2.24) is 10.9 Å². The number of carbonyl (C=O) groups excluding carboxylic acids is 2. The number of thioether (sulfide) groups is 1. The molecule has 2 aromatic rings. The van der Waals surface area contributed by atoms with Crippen LogP contribution in [0.25, 0.3) is 0 Å². The Balaban J connectivity index is 1.49. The van der Waals surface area contributed by atoms with Gasteiger partial charge in [0.1, 0.15) is 0 Å². The van der Waals surface area contributed by atoms with Crippen LogP contribution in [0, 0.1) is 5.92 Å². The normalized spacial score (nSPS) is 13.4. The summed E-state index contributed by atoms with van der Waals surface area (Å²) in [5.74, 6) is 0.458. The maximum Gasteiger partial charge on any atom is 0.269 e. The van der Waals surface area contributed by atoms with Crippen molar-refractivity contribution >= 4 is 35.2 Å². The second-order valence-corrected chi connectivity index (χ2v) is 7.14. The molecule has 0 aromatic heterocycles. The van der Waals surface area contributed by atoms with Crippen LogP contribution in [0.2, 0.25) is 5.02 Å². The van der Waals surface area contributed by atoms with Crippen molar-refractivity contribution in [1.29, 1.82) is 0 Å². The first-order valence-corrected chi connectivity index (χ1v) is 9.06. The molecule has 0 spiro atoms. The fourth-order valence-electron chi connectivity index (χ4n) is 2.09. The molecule has 2 N–H and O–H groups in total. The Morgan fingerprint density at radius 3 is 2.29 bits per heavy atom. The van der Waals surface area contributed by atoms with E-state index in [1.165, 1.54) is 0 Å². The summed E-state index contributed by atoms with van der Waals surface area (Å²) in [6.45, 7) is 0. The summed E-state index contributed by atoms with van der Waals surface area (Å²) >= 11 is 7.57. The summed E-state index contributed by atoms with van der Waals surface area (Å²) in [4.78, 5) is 24.6. The van der Waals surface area contributed by atoms with E-state index in [0.29, 0.717) is 5.56 Å². The van der Waals surface area contributed by atoms with Crippen LogP contribution >= 0.6 is 23.4 Å². The third-order valence-corrected chi connectivity index (χ3v) is 5.02. The van der Waals surface area contributed by atoms with Crippen molar-refractivity contribution in [2.24, 2.45) is 5.92 Å². The van der Waals surface area contributed by atoms with Crippen LogP contribution in [0.4, 0.5) is 0 Å². The lowest BCUT2D eigenvalue weighted by Crippen LogP contribution is -2.42. The predicted molar refractivity (Wildman–Crippen MR) is 95.8 cm³/mol. The number of hydrogen-bond donors (Lipinski definition) is 2. The molecule has 3 rings (SSSR count). The van der Waals surface area contributed by atoms with E-state index in [0.717, 1.165) is 34.1 Å². The minimum atomic E-state index is -0.305. The number of halogens is 1. The molecule has 1 aliphatic carbocycles. The van der Waals surface area contributed by atoms with Crippen molar-refractivity contribution < 1.29 is 9.59 Å². The minimum absolute atomic E-state index is 0.0672. The zero-order chi connectivity index (χ0) is 16.9. The molecule has 2 aromatic carbocycles. The number of nitrogens with one attached hydrogen (secondary N) is 2. The smallest absolute Gasteiger partial charge is 0.269 e. The number of hydrogen-bond acceptors (Lipinski definition) is 3. The number of hydrazine groups is 1. The third-order valence-electron chi connectivity index (χ3n) is 3.68. The molecule has 0 radical (unpaired) electrons. The van der Waals surface area contributed by atoms with Crippen LogP contribution in [0.1, 0.15) is 28.8 Å². The summed E-state index contributed by atoms with van der Waals surface area (Å²) in [6.07, 6.45) is 1.81. The quantitative estimate of drug-likeness (QED) is 0.629. The molecule has 0 bridgehead atoms. The monoisotopic (exact) mass is 360 g/mol. The SMILES string of the molecule is O=C(NNC(=O)C1CC1)c1ccc(CSc2ccc(Cl)cc2)cc1. The molecule has 6 heteroatoms. The summed E-state index contributed by atoms with van der Waals surface area (Å²) in [5, 5.41) is 0.725. The van der Waals surface area contributed by atoms with Gasteiger partial charge in [0.15, 0.2) is 0 Å². The third kappa shape index (κ3) is 4.76. The van der Waals surface area contributed by atoms with Gasteiger partial charge in [0.05, 0.1) is 0 Å². The van der Waals surface area contributed by atoms with E-state index in [4.69, 9.17) is 11.6 Å². The first kappa shape index (κ1) is 16.9. The maximum absolute atomic E-state index is 12.0. The van der Waals surface area contributed by atoms with Gasteiger partial charge in [-0.3, -0.25) is 20.4 Å². The molecule has 2 amide bonds. The van der Waals surface area contributed by atoms with Crippen molar-refractivity contribution in [2.75, 3.05) is 0 Å². The molecule has 24 heavy (non-hydrogen) atoms. The molecule has 0 saturated heterocycles. The van der Waals surface area contributed by atoms with Gasteiger partial charge in [-0.05, 0) is 54.8 Å². The minimum Gasteiger partial charge on any atom is -0.273 e. The number of amides is 2. The highest BCUT2D eigenvalue weighted by Crippen LogP contribution is 2.28. The van der Waals surface area contributed by atoms with Crippen molar-refractivity contribution in [2.45, 2.75) is 23.5 Å². The first-order valence-electron chi connectivity index (χ1n) is 7.69. The fourth-order valence-corrected chi connectivity index (χ4v) is 3.07. The summed E-state index contributed by atoms with van der Waals surface area (Å²) < 4.78 is 0. The topological polar surface area (TPSA) is 58.2 Å². The Bertz CT molecular complexity index is 728. The lowest BCUT2D eigenvalue weighted by molar-refractivity contribution is -0.123. The Hall–Kier alpha value is -1.98. The zero-order valence-electron chi connectivity index (χ0n) is 12.9. The Morgan fingerprint density at radius 1 is 1.00 bits per heavy atom. The summed E-state index contributed by atoms with van der Waals surface area (Å²) in [6, 6.07) is 15.1. The molecule has 1 fully saturated rings. The molecule has 1 saturated carbocycles. The molecule has 124 valence electrons. The van der Waals surface area contributed by atoms with E-state index in [9.17, 15) is 9.59 Å². The average Bonchev–Trinajstić information content (AvgIpc) is 3.44. The second-order valence-electron chi connectivity index (χ2n) is 5.66. The van der Waals surface area contributed by atoms with E-state index >= 15 is 0 Å². The Morgan fingerprint density at radius 2 is 1.67 bits per heavy atom. The van der Waals surface area contributed by atoms with Crippen molar-refractivity contribution in [3.63, 3.8) is 0 Å². The van der Waals surface area contributed by atoms with E-state index in [1.54, 1.807) is 23.9 Å².